The molecule has 0 aliphatic rings. The molecule has 0 bridgehead atoms. The minimum absolute atomic E-state index is 0.111. The fraction of sp³-hybridized carbons (Fsp3) is 0.529. The third-order valence-electron chi connectivity index (χ3n) is 4.19. The van der Waals surface area contributed by atoms with Crippen LogP contribution in [0.2, 0.25) is 0 Å². The van der Waals surface area contributed by atoms with Crippen molar-refractivity contribution in [3.63, 3.8) is 0 Å². The number of hydrogen-bond donors (Lipinski definition) is 2. The number of hydrogen-bond acceptors (Lipinski definition) is 4. The topological polar surface area (TPSA) is 97.1 Å². The number of rotatable bonds is 6. The molecule has 0 spiro atoms. The van der Waals surface area contributed by atoms with Crippen molar-refractivity contribution in [2.24, 2.45) is 5.92 Å². The average Bonchev–Trinajstić information content (AvgIpc) is 2.94. The van der Waals surface area contributed by atoms with Crippen LogP contribution in [0.1, 0.15) is 56.2 Å². The number of nitrogens with one attached hydrogen (secondary N) is 1. The molecule has 2 aromatic rings. The number of aryl methyl sites for hydroxylation is 1. The third-order valence-corrected chi connectivity index (χ3v) is 4.19. The van der Waals surface area contributed by atoms with E-state index in [4.69, 9.17) is 0 Å². The molecule has 130 valence electrons. The van der Waals surface area contributed by atoms with Crippen LogP contribution < -0.4 is 5.32 Å². The Morgan fingerprint density at radius 3 is 2.54 bits per heavy atom. The average molecular weight is 332 g/mol. The molecule has 24 heavy (non-hydrogen) atoms. The van der Waals surface area contributed by atoms with Gasteiger partial charge in [-0.05, 0) is 32.8 Å². The first-order chi connectivity index (χ1) is 11.3. The normalized spacial score (nSPS) is 13.9. The summed E-state index contributed by atoms with van der Waals surface area (Å²) in [5.41, 5.74) is 1.72. The summed E-state index contributed by atoms with van der Waals surface area (Å²) in [6.07, 6.45) is 2.27. The predicted octanol–water partition coefficient (Wildman–Crippen LogP) is 2.55. The van der Waals surface area contributed by atoms with E-state index in [1.807, 2.05) is 27.7 Å². The molecule has 2 heterocycles. The molecule has 0 saturated carbocycles. The first-order valence-corrected chi connectivity index (χ1v) is 8.14. The van der Waals surface area contributed by atoms with Crippen molar-refractivity contribution >= 4 is 22.9 Å². The summed E-state index contributed by atoms with van der Waals surface area (Å²) in [4.78, 5) is 28.6. The van der Waals surface area contributed by atoms with E-state index in [9.17, 15) is 14.7 Å². The standard InChI is InChI=1S/C17H24N4O3/c1-6-10(4)14(17(23)24)20-16(22)12-7-11(5)19-15-13(12)8-18-21(15)9(2)3/h7-10,14H,6H2,1-5H3,(H,20,22)(H,23,24)/t10-,14-/m0/s1. The van der Waals surface area contributed by atoms with Crippen molar-refractivity contribution in [1.82, 2.24) is 20.1 Å². The van der Waals surface area contributed by atoms with Gasteiger partial charge in [0.2, 0.25) is 0 Å². The van der Waals surface area contributed by atoms with Gasteiger partial charge in [-0.15, -0.1) is 0 Å². The van der Waals surface area contributed by atoms with Gasteiger partial charge in [-0.3, -0.25) is 4.79 Å². The first-order valence-electron chi connectivity index (χ1n) is 8.14. The molecule has 0 unspecified atom stereocenters. The maximum atomic E-state index is 12.7. The number of carbonyl (C=O) groups excluding carboxylic acids is 1. The molecule has 0 radical (unpaired) electrons. The van der Waals surface area contributed by atoms with Gasteiger partial charge in [0.05, 0.1) is 17.1 Å². The maximum absolute atomic E-state index is 12.7. The van der Waals surface area contributed by atoms with E-state index in [0.717, 1.165) is 0 Å². The lowest BCUT2D eigenvalue weighted by Crippen LogP contribution is -2.45. The van der Waals surface area contributed by atoms with Gasteiger partial charge in [0.25, 0.3) is 5.91 Å². The second-order valence-electron chi connectivity index (χ2n) is 6.41. The van der Waals surface area contributed by atoms with Gasteiger partial charge < -0.3 is 10.4 Å². The van der Waals surface area contributed by atoms with Gasteiger partial charge in [0, 0.05) is 11.7 Å². The highest BCUT2D eigenvalue weighted by Crippen LogP contribution is 2.21. The molecule has 2 N–H and O–H groups in total. The Morgan fingerprint density at radius 2 is 2.00 bits per heavy atom. The highest BCUT2D eigenvalue weighted by Gasteiger charge is 2.27. The summed E-state index contributed by atoms with van der Waals surface area (Å²) >= 11 is 0. The molecule has 0 aliphatic carbocycles. The van der Waals surface area contributed by atoms with E-state index in [1.54, 1.807) is 23.9 Å². The SMILES string of the molecule is CC[C@H](C)[C@H](NC(=O)c1cc(C)nc2c1cnn2C(C)C)C(=O)O. The molecule has 2 rings (SSSR count). The van der Waals surface area contributed by atoms with E-state index >= 15 is 0 Å². The zero-order valence-corrected chi connectivity index (χ0v) is 14.7. The summed E-state index contributed by atoms with van der Waals surface area (Å²) < 4.78 is 1.75. The van der Waals surface area contributed by atoms with Crippen molar-refractivity contribution in [3.05, 3.63) is 23.5 Å². The largest absolute Gasteiger partial charge is 0.480 e. The van der Waals surface area contributed by atoms with Crippen LogP contribution in [-0.2, 0) is 4.79 Å². The molecule has 0 fully saturated rings. The van der Waals surface area contributed by atoms with E-state index < -0.39 is 17.9 Å². The Balaban J connectivity index is 2.44. The smallest absolute Gasteiger partial charge is 0.326 e. The lowest BCUT2D eigenvalue weighted by atomic mass is 9.98. The third kappa shape index (κ3) is 3.39. The van der Waals surface area contributed by atoms with Crippen molar-refractivity contribution < 1.29 is 14.7 Å². The molecule has 0 saturated heterocycles. The van der Waals surface area contributed by atoms with Crippen molar-refractivity contribution in [2.45, 2.75) is 53.1 Å². The van der Waals surface area contributed by atoms with Crippen LogP contribution in [0.15, 0.2) is 12.3 Å². The molecule has 7 heteroatoms. The summed E-state index contributed by atoms with van der Waals surface area (Å²) in [6, 6.07) is 0.852. The quantitative estimate of drug-likeness (QED) is 0.847. The Morgan fingerprint density at radius 1 is 1.33 bits per heavy atom. The number of amides is 1. The van der Waals surface area contributed by atoms with E-state index in [0.29, 0.717) is 28.7 Å². The van der Waals surface area contributed by atoms with E-state index in [-0.39, 0.29) is 12.0 Å². The van der Waals surface area contributed by atoms with Gasteiger partial charge in [0.1, 0.15) is 6.04 Å². The van der Waals surface area contributed by atoms with Gasteiger partial charge in [-0.1, -0.05) is 20.3 Å². The minimum atomic E-state index is -1.03. The molecule has 0 aliphatic heterocycles. The maximum Gasteiger partial charge on any atom is 0.326 e. The van der Waals surface area contributed by atoms with Crippen LogP contribution in [0, 0.1) is 12.8 Å². The van der Waals surface area contributed by atoms with Gasteiger partial charge in [-0.2, -0.15) is 5.10 Å². The molecule has 7 nitrogen and oxygen atoms in total. The van der Waals surface area contributed by atoms with Crippen molar-refractivity contribution in [2.75, 3.05) is 0 Å². The van der Waals surface area contributed by atoms with Crippen LogP contribution in [0.3, 0.4) is 0 Å². The highest BCUT2D eigenvalue weighted by molar-refractivity contribution is 6.06. The monoisotopic (exact) mass is 332 g/mol. The summed E-state index contributed by atoms with van der Waals surface area (Å²) in [5, 5.41) is 16.9. The number of pyridine rings is 1. The molecule has 0 aromatic carbocycles. The number of carboxylic acids is 1. The fourth-order valence-corrected chi connectivity index (χ4v) is 2.61. The zero-order chi connectivity index (χ0) is 18.0. The van der Waals surface area contributed by atoms with Gasteiger partial charge in [-0.25, -0.2) is 14.5 Å². The van der Waals surface area contributed by atoms with Crippen molar-refractivity contribution in [3.8, 4) is 0 Å². The predicted molar refractivity (Wildman–Crippen MR) is 91.0 cm³/mol. The lowest BCUT2D eigenvalue weighted by Gasteiger charge is -2.20. The van der Waals surface area contributed by atoms with Crippen LogP contribution in [-0.4, -0.2) is 37.8 Å². The fourth-order valence-electron chi connectivity index (χ4n) is 2.61. The molecule has 1 amide bonds. The Labute approximate surface area is 141 Å². The molecular weight excluding hydrogens is 308 g/mol. The van der Waals surface area contributed by atoms with Crippen LogP contribution in [0.4, 0.5) is 0 Å². The lowest BCUT2D eigenvalue weighted by molar-refractivity contribution is -0.140. The van der Waals surface area contributed by atoms with Gasteiger partial charge in [0.15, 0.2) is 5.65 Å². The number of carbonyl (C=O) groups is 2. The van der Waals surface area contributed by atoms with Crippen molar-refractivity contribution in [1.29, 1.82) is 0 Å². The van der Waals surface area contributed by atoms with E-state index in [2.05, 4.69) is 15.4 Å². The first kappa shape index (κ1) is 17.9. The number of fused-ring (bicyclic) bond motifs is 1. The Kier molecular flexibility index (Phi) is 5.21. The number of nitrogens with zero attached hydrogens (tertiary/aromatic N) is 3. The number of aliphatic carboxylic acids is 1. The zero-order valence-electron chi connectivity index (χ0n) is 14.7. The van der Waals surface area contributed by atoms with E-state index in [1.165, 1.54) is 0 Å². The molecular formula is C17H24N4O3. The summed E-state index contributed by atoms with van der Waals surface area (Å²) in [6.45, 7) is 9.48. The Bertz CT molecular complexity index is 767. The highest BCUT2D eigenvalue weighted by atomic mass is 16.4. The number of aromatic nitrogens is 3. The van der Waals surface area contributed by atoms with Crippen LogP contribution in [0.5, 0.6) is 0 Å². The van der Waals surface area contributed by atoms with Crippen LogP contribution >= 0.6 is 0 Å². The second-order valence-corrected chi connectivity index (χ2v) is 6.41. The summed E-state index contributed by atoms with van der Waals surface area (Å²) in [5.74, 6) is -1.61. The molecule has 2 atom stereocenters. The summed E-state index contributed by atoms with van der Waals surface area (Å²) in [7, 11) is 0. The second kappa shape index (κ2) is 6.98. The van der Waals surface area contributed by atoms with Gasteiger partial charge >= 0.3 is 5.97 Å². The molecule has 2 aromatic heterocycles. The number of carboxylic acid groups (broad SMARTS) is 1. The Hall–Kier alpha value is -2.44. The van der Waals surface area contributed by atoms with Crippen LogP contribution in [0.25, 0.3) is 11.0 Å². The minimum Gasteiger partial charge on any atom is -0.480 e.